The Labute approximate surface area is 124 Å². The molecule has 126 valence electrons. The van der Waals surface area contributed by atoms with Gasteiger partial charge in [-0.2, -0.15) is 0 Å². The molecule has 0 bridgehead atoms. The first-order valence-corrected chi connectivity index (χ1v) is 6.61. The molecule has 6 unspecified atom stereocenters. The normalized spacial score (nSPS) is 37.1. The van der Waals surface area contributed by atoms with E-state index in [1.54, 1.807) is 0 Å². The molecule has 0 saturated carbocycles. The monoisotopic (exact) mass is 322 g/mol. The van der Waals surface area contributed by atoms with E-state index in [0.29, 0.717) is 0 Å². The number of aliphatic hydroxyl groups is 6. The summed E-state index contributed by atoms with van der Waals surface area (Å²) in [6, 6.07) is 0. The first-order chi connectivity index (χ1) is 10.4. The molecule has 1 saturated heterocycles. The molecular formula is C12H18O10. The molecule has 0 aliphatic carbocycles. The number of esters is 1. The Bertz CT molecular complexity index is 449. The van der Waals surface area contributed by atoms with Crippen molar-refractivity contribution in [3.8, 4) is 0 Å². The quantitative estimate of drug-likeness (QED) is 0.285. The van der Waals surface area contributed by atoms with Gasteiger partial charge in [-0.25, -0.2) is 4.79 Å². The van der Waals surface area contributed by atoms with Gasteiger partial charge >= 0.3 is 5.97 Å². The molecule has 10 heteroatoms. The number of carbonyl (C=O) groups is 1. The van der Waals surface area contributed by atoms with Crippen LogP contribution in [0.2, 0.25) is 0 Å². The standard InChI is InChI=1S/C12H18O10/c13-2-6(17)9-8(18)10(11(19)21-9)22-12-5(16)1-4(15)7(3-14)20-12/h4-7,9,12-18H,1-3H2. The van der Waals surface area contributed by atoms with Crippen molar-refractivity contribution in [2.24, 2.45) is 0 Å². The fourth-order valence-electron chi connectivity index (χ4n) is 2.17. The second kappa shape index (κ2) is 6.77. The lowest BCUT2D eigenvalue weighted by Gasteiger charge is -2.35. The second-order valence-corrected chi connectivity index (χ2v) is 5.00. The van der Waals surface area contributed by atoms with E-state index in [9.17, 15) is 25.2 Å². The summed E-state index contributed by atoms with van der Waals surface area (Å²) in [4.78, 5) is 11.6. The average molecular weight is 322 g/mol. The minimum absolute atomic E-state index is 0.165. The molecule has 0 aromatic heterocycles. The summed E-state index contributed by atoms with van der Waals surface area (Å²) >= 11 is 0. The highest BCUT2D eigenvalue weighted by molar-refractivity contribution is 5.89. The topological polar surface area (TPSA) is 166 Å². The van der Waals surface area contributed by atoms with Crippen molar-refractivity contribution < 1.29 is 49.6 Å². The molecule has 2 rings (SSSR count). The van der Waals surface area contributed by atoms with Crippen molar-refractivity contribution in [3.05, 3.63) is 11.5 Å². The zero-order valence-corrected chi connectivity index (χ0v) is 11.4. The van der Waals surface area contributed by atoms with Crippen LogP contribution in [0.5, 0.6) is 0 Å². The van der Waals surface area contributed by atoms with Gasteiger partial charge in [-0.05, 0) is 0 Å². The molecule has 1 fully saturated rings. The number of hydrogen-bond donors (Lipinski definition) is 6. The first kappa shape index (κ1) is 16.9. The van der Waals surface area contributed by atoms with E-state index in [1.165, 1.54) is 0 Å². The molecule has 0 spiro atoms. The van der Waals surface area contributed by atoms with Crippen LogP contribution < -0.4 is 0 Å². The highest BCUT2D eigenvalue weighted by atomic mass is 16.7. The average Bonchev–Trinajstić information content (AvgIpc) is 2.77. The predicted octanol–water partition coefficient (Wildman–Crippen LogP) is -3.12. The van der Waals surface area contributed by atoms with Crippen LogP contribution in [0.25, 0.3) is 0 Å². The Morgan fingerprint density at radius 3 is 2.55 bits per heavy atom. The Hall–Kier alpha value is -1.43. The van der Waals surface area contributed by atoms with E-state index in [0.717, 1.165) is 0 Å². The van der Waals surface area contributed by atoms with E-state index >= 15 is 0 Å². The number of ether oxygens (including phenoxy) is 3. The van der Waals surface area contributed by atoms with Crippen molar-refractivity contribution in [1.29, 1.82) is 0 Å². The summed E-state index contributed by atoms with van der Waals surface area (Å²) in [5.41, 5.74) is 0. The SMILES string of the molecule is O=C1OC(C(O)CO)C(O)=C1OC1OC(CO)C(O)CC1O. The van der Waals surface area contributed by atoms with Crippen LogP contribution in [0.3, 0.4) is 0 Å². The first-order valence-electron chi connectivity index (χ1n) is 6.61. The maximum absolute atomic E-state index is 11.6. The Balaban J connectivity index is 2.11. The summed E-state index contributed by atoms with van der Waals surface area (Å²) in [5.74, 6) is -2.51. The smallest absolute Gasteiger partial charge is 0.378 e. The van der Waals surface area contributed by atoms with Crippen LogP contribution in [0.4, 0.5) is 0 Å². The number of hydrogen-bond acceptors (Lipinski definition) is 10. The van der Waals surface area contributed by atoms with Crippen LogP contribution in [0.15, 0.2) is 11.5 Å². The van der Waals surface area contributed by atoms with Gasteiger partial charge < -0.3 is 44.8 Å². The number of rotatable bonds is 5. The largest absolute Gasteiger partial charge is 0.505 e. The van der Waals surface area contributed by atoms with E-state index in [4.69, 9.17) is 19.7 Å². The highest BCUT2D eigenvalue weighted by Gasteiger charge is 2.44. The molecule has 0 amide bonds. The maximum Gasteiger partial charge on any atom is 0.378 e. The van der Waals surface area contributed by atoms with Crippen LogP contribution in [-0.2, 0) is 19.0 Å². The van der Waals surface area contributed by atoms with Crippen LogP contribution in [-0.4, -0.2) is 86.6 Å². The van der Waals surface area contributed by atoms with Gasteiger partial charge in [0, 0.05) is 6.42 Å². The fraction of sp³-hybridized carbons (Fsp3) is 0.750. The molecule has 22 heavy (non-hydrogen) atoms. The van der Waals surface area contributed by atoms with Crippen LogP contribution in [0.1, 0.15) is 6.42 Å². The molecule has 2 heterocycles. The van der Waals surface area contributed by atoms with E-state index < -0.39 is 67.5 Å². The van der Waals surface area contributed by atoms with Crippen LogP contribution >= 0.6 is 0 Å². The van der Waals surface area contributed by atoms with E-state index in [2.05, 4.69) is 4.74 Å². The number of aliphatic hydroxyl groups excluding tert-OH is 6. The fourth-order valence-corrected chi connectivity index (χ4v) is 2.17. The van der Waals surface area contributed by atoms with Gasteiger partial charge in [0.25, 0.3) is 0 Å². The predicted molar refractivity (Wildman–Crippen MR) is 66.1 cm³/mol. The zero-order chi connectivity index (χ0) is 16.4. The van der Waals surface area contributed by atoms with Crippen molar-refractivity contribution in [1.82, 2.24) is 0 Å². The van der Waals surface area contributed by atoms with Gasteiger partial charge in [-0.3, -0.25) is 0 Å². The third-order valence-corrected chi connectivity index (χ3v) is 3.41. The van der Waals surface area contributed by atoms with Gasteiger partial charge in [0.15, 0.2) is 11.9 Å². The molecule has 2 aliphatic heterocycles. The Morgan fingerprint density at radius 1 is 1.27 bits per heavy atom. The third kappa shape index (κ3) is 3.16. The van der Waals surface area contributed by atoms with E-state index in [1.807, 2.05) is 0 Å². The zero-order valence-electron chi connectivity index (χ0n) is 11.4. The van der Waals surface area contributed by atoms with Crippen molar-refractivity contribution in [2.45, 2.75) is 43.2 Å². The Morgan fingerprint density at radius 2 is 1.95 bits per heavy atom. The molecular weight excluding hydrogens is 304 g/mol. The molecule has 2 aliphatic rings. The lowest BCUT2D eigenvalue weighted by atomic mass is 10.0. The van der Waals surface area contributed by atoms with Crippen molar-refractivity contribution in [3.63, 3.8) is 0 Å². The number of cyclic esters (lactones) is 1. The number of carbonyl (C=O) groups excluding carboxylic acids is 1. The molecule has 6 N–H and O–H groups in total. The minimum atomic E-state index is -1.53. The van der Waals surface area contributed by atoms with Gasteiger partial charge in [-0.15, -0.1) is 0 Å². The summed E-state index contributed by atoms with van der Waals surface area (Å²) in [6.07, 6.45) is -8.04. The molecule has 6 atom stereocenters. The van der Waals surface area contributed by atoms with Crippen molar-refractivity contribution >= 4 is 5.97 Å². The molecule has 0 aromatic rings. The lowest BCUT2D eigenvalue weighted by Crippen LogP contribution is -2.49. The molecule has 0 aromatic carbocycles. The molecule has 0 radical (unpaired) electrons. The summed E-state index contributed by atoms with van der Waals surface area (Å²) in [5, 5.41) is 56.4. The second-order valence-electron chi connectivity index (χ2n) is 5.00. The lowest BCUT2D eigenvalue weighted by molar-refractivity contribution is -0.258. The van der Waals surface area contributed by atoms with E-state index in [-0.39, 0.29) is 6.42 Å². The third-order valence-electron chi connectivity index (χ3n) is 3.41. The van der Waals surface area contributed by atoms with Gasteiger partial charge in [-0.1, -0.05) is 0 Å². The highest BCUT2D eigenvalue weighted by Crippen LogP contribution is 2.29. The van der Waals surface area contributed by atoms with Crippen molar-refractivity contribution in [2.75, 3.05) is 13.2 Å². The Kier molecular flexibility index (Phi) is 5.21. The summed E-state index contributed by atoms with van der Waals surface area (Å²) in [7, 11) is 0. The minimum Gasteiger partial charge on any atom is -0.505 e. The maximum atomic E-state index is 11.6. The van der Waals surface area contributed by atoms with Crippen LogP contribution in [0, 0.1) is 0 Å². The summed E-state index contributed by atoms with van der Waals surface area (Å²) < 4.78 is 14.8. The van der Waals surface area contributed by atoms with Gasteiger partial charge in [0.2, 0.25) is 12.0 Å². The van der Waals surface area contributed by atoms with Gasteiger partial charge in [0.1, 0.15) is 18.3 Å². The van der Waals surface area contributed by atoms with Gasteiger partial charge in [0.05, 0.1) is 19.3 Å². The summed E-state index contributed by atoms with van der Waals surface area (Å²) in [6.45, 7) is -1.29. The molecule has 10 nitrogen and oxygen atoms in total.